The third-order valence-electron chi connectivity index (χ3n) is 2.23. The summed E-state index contributed by atoms with van der Waals surface area (Å²) in [6.07, 6.45) is 2.71. The number of carbonyl (C=O) groups excluding carboxylic acids is 1. The molecule has 0 unspecified atom stereocenters. The molecule has 100 valence electrons. The largest absolute Gasteiger partial charge is 0.443 e. The quantitative estimate of drug-likeness (QED) is 0.751. The first kappa shape index (κ1) is 13.5. The Labute approximate surface area is 116 Å². The summed E-state index contributed by atoms with van der Waals surface area (Å²) in [5.74, 6) is 0. The van der Waals surface area contributed by atoms with Crippen molar-refractivity contribution in [3.8, 4) is 11.4 Å². The lowest BCUT2D eigenvalue weighted by molar-refractivity contribution is 0.0540. The summed E-state index contributed by atoms with van der Waals surface area (Å²) < 4.78 is 6.71. The molecule has 0 spiro atoms. The number of hydrogen-bond donors (Lipinski definition) is 0. The third kappa shape index (κ3) is 3.32. The van der Waals surface area contributed by atoms with Gasteiger partial charge in [0.25, 0.3) is 0 Å². The second-order valence-electron chi connectivity index (χ2n) is 4.95. The molecule has 0 radical (unpaired) electrons. The minimum atomic E-state index is -0.554. The summed E-state index contributed by atoms with van der Waals surface area (Å²) >= 11 is 5.75. The van der Waals surface area contributed by atoms with E-state index in [9.17, 15) is 4.79 Å². The van der Waals surface area contributed by atoms with E-state index < -0.39 is 11.7 Å². The van der Waals surface area contributed by atoms with Crippen LogP contribution in [0.3, 0.4) is 0 Å². The normalized spacial score (nSPS) is 11.4. The lowest BCUT2D eigenvalue weighted by Gasteiger charge is -2.20. The van der Waals surface area contributed by atoms with Crippen molar-refractivity contribution >= 4 is 17.7 Å². The SMILES string of the molecule is CC(C)(C)OC(=O)n1cccc1-c1ccnc(Cl)n1. The van der Waals surface area contributed by atoms with Gasteiger partial charge in [0.15, 0.2) is 0 Å². The number of hydrogen-bond acceptors (Lipinski definition) is 4. The van der Waals surface area contributed by atoms with Crippen molar-refractivity contribution in [2.75, 3.05) is 0 Å². The Bertz CT molecular complexity index is 602. The van der Waals surface area contributed by atoms with E-state index in [4.69, 9.17) is 16.3 Å². The Kier molecular flexibility index (Phi) is 3.57. The van der Waals surface area contributed by atoms with Crippen LogP contribution in [0.4, 0.5) is 4.79 Å². The summed E-state index contributed by atoms with van der Waals surface area (Å²) in [6.45, 7) is 5.45. The Morgan fingerprint density at radius 1 is 1.37 bits per heavy atom. The minimum absolute atomic E-state index is 0.134. The number of ether oxygens (including phenoxy) is 1. The van der Waals surface area contributed by atoms with E-state index >= 15 is 0 Å². The van der Waals surface area contributed by atoms with Gasteiger partial charge in [-0.1, -0.05) is 0 Å². The molecular formula is C13H14ClN3O2. The van der Waals surface area contributed by atoms with E-state index in [2.05, 4.69) is 9.97 Å². The van der Waals surface area contributed by atoms with Gasteiger partial charge in [0.1, 0.15) is 5.60 Å². The topological polar surface area (TPSA) is 57.0 Å². The zero-order chi connectivity index (χ0) is 14.0. The van der Waals surface area contributed by atoms with Crippen molar-refractivity contribution in [3.05, 3.63) is 35.9 Å². The second kappa shape index (κ2) is 5.01. The number of carbonyl (C=O) groups is 1. The Hall–Kier alpha value is -1.88. The van der Waals surface area contributed by atoms with Gasteiger partial charge < -0.3 is 4.74 Å². The molecule has 0 aromatic carbocycles. The van der Waals surface area contributed by atoms with Gasteiger partial charge in [0.05, 0.1) is 11.4 Å². The Morgan fingerprint density at radius 3 is 2.74 bits per heavy atom. The lowest BCUT2D eigenvalue weighted by Crippen LogP contribution is -2.27. The molecule has 0 fully saturated rings. The van der Waals surface area contributed by atoms with Crippen LogP contribution >= 0.6 is 11.6 Å². The first-order valence-electron chi connectivity index (χ1n) is 5.76. The van der Waals surface area contributed by atoms with Crippen molar-refractivity contribution in [1.82, 2.24) is 14.5 Å². The van der Waals surface area contributed by atoms with Crippen LogP contribution in [0.2, 0.25) is 5.28 Å². The van der Waals surface area contributed by atoms with Crippen LogP contribution in [-0.4, -0.2) is 26.2 Å². The molecule has 0 bridgehead atoms. The maximum absolute atomic E-state index is 12.1. The molecular weight excluding hydrogens is 266 g/mol. The van der Waals surface area contributed by atoms with Gasteiger partial charge in [-0.3, -0.25) is 4.57 Å². The fraction of sp³-hybridized carbons (Fsp3) is 0.308. The monoisotopic (exact) mass is 279 g/mol. The van der Waals surface area contributed by atoms with Gasteiger partial charge in [-0.2, -0.15) is 0 Å². The Balaban J connectivity index is 2.35. The fourth-order valence-electron chi connectivity index (χ4n) is 1.54. The van der Waals surface area contributed by atoms with Crippen LogP contribution in [0.1, 0.15) is 20.8 Å². The highest BCUT2D eigenvalue weighted by Gasteiger charge is 2.20. The molecule has 6 heteroatoms. The van der Waals surface area contributed by atoms with Gasteiger partial charge in [-0.05, 0) is 50.6 Å². The maximum atomic E-state index is 12.1. The highest BCUT2D eigenvalue weighted by Crippen LogP contribution is 2.20. The maximum Gasteiger partial charge on any atom is 0.419 e. The molecule has 2 aromatic rings. The molecule has 0 aliphatic heterocycles. The zero-order valence-corrected chi connectivity index (χ0v) is 11.7. The second-order valence-corrected chi connectivity index (χ2v) is 5.29. The summed E-state index contributed by atoms with van der Waals surface area (Å²) in [5.41, 5.74) is 0.622. The summed E-state index contributed by atoms with van der Waals surface area (Å²) in [5, 5.41) is 0.134. The summed E-state index contributed by atoms with van der Waals surface area (Å²) in [6, 6.07) is 5.19. The number of halogens is 1. The van der Waals surface area contributed by atoms with Gasteiger partial charge in [-0.25, -0.2) is 14.8 Å². The van der Waals surface area contributed by atoms with Crippen molar-refractivity contribution < 1.29 is 9.53 Å². The standard InChI is InChI=1S/C13H14ClN3O2/c1-13(2,3)19-12(18)17-8-4-5-10(17)9-6-7-15-11(14)16-9/h4-8H,1-3H3. The average Bonchev–Trinajstić information content (AvgIpc) is 2.75. The van der Waals surface area contributed by atoms with Gasteiger partial charge >= 0.3 is 6.09 Å². The van der Waals surface area contributed by atoms with Crippen LogP contribution in [0.5, 0.6) is 0 Å². The molecule has 0 saturated carbocycles. The van der Waals surface area contributed by atoms with Crippen LogP contribution in [0.15, 0.2) is 30.6 Å². The molecule has 19 heavy (non-hydrogen) atoms. The van der Waals surface area contributed by atoms with E-state index in [1.165, 1.54) is 10.8 Å². The molecule has 0 saturated heterocycles. The van der Waals surface area contributed by atoms with Gasteiger partial charge in [0.2, 0.25) is 5.28 Å². The predicted octanol–water partition coefficient (Wildman–Crippen LogP) is 3.38. The van der Waals surface area contributed by atoms with E-state index in [0.29, 0.717) is 11.4 Å². The minimum Gasteiger partial charge on any atom is -0.443 e. The van der Waals surface area contributed by atoms with Gasteiger partial charge in [-0.15, -0.1) is 0 Å². The summed E-state index contributed by atoms with van der Waals surface area (Å²) in [4.78, 5) is 20.0. The van der Waals surface area contributed by atoms with Crippen molar-refractivity contribution in [3.63, 3.8) is 0 Å². The van der Waals surface area contributed by atoms with E-state index in [1.54, 1.807) is 24.4 Å². The van der Waals surface area contributed by atoms with Crippen LogP contribution in [0, 0.1) is 0 Å². The fourth-order valence-corrected chi connectivity index (χ4v) is 1.68. The van der Waals surface area contributed by atoms with Crippen molar-refractivity contribution in [2.45, 2.75) is 26.4 Å². The average molecular weight is 280 g/mol. The highest BCUT2D eigenvalue weighted by atomic mass is 35.5. The molecule has 2 aromatic heterocycles. The third-order valence-corrected chi connectivity index (χ3v) is 2.41. The molecule has 0 aliphatic carbocycles. The highest BCUT2D eigenvalue weighted by molar-refractivity contribution is 6.28. The predicted molar refractivity (Wildman–Crippen MR) is 72.1 cm³/mol. The molecule has 0 aliphatic rings. The first-order chi connectivity index (χ1) is 8.87. The molecule has 0 amide bonds. The molecule has 2 heterocycles. The lowest BCUT2D eigenvalue weighted by atomic mass is 10.2. The molecule has 2 rings (SSSR count). The molecule has 0 atom stereocenters. The molecule has 5 nitrogen and oxygen atoms in total. The van der Waals surface area contributed by atoms with Crippen LogP contribution in [0.25, 0.3) is 11.4 Å². The van der Waals surface area contributed by atoms with Crippen molar-refractivity contribution in [2.24, 2.45) is 0 Å². The number of rotatable bonds is 1. The number of nitrogens with zero attached hydrogens (tertiary/aromatic N) is 3. The van der Waals surface area contributed by atoms with Crippen LogP contribution < -0.4 is 0 Å². The summed E-state index contributed by atoms with van der Waals surface area (Å²) in [7, 11) is 0. The van der Waals surface area contributed by atoms with Crippen LogP contribution in [-0.2, 0) is 4.74 Å². The Morgan fingerprint density at radius 2 is 2.11 bits per heavy atom. The smallest absolute Gasteiger partial charge is 0.419 e. The van der Waals surface area contributed by atoms with E-state index in [1.807, 2.05) is 20.8 Å². The van der Waals surface area contributed by atoms with E-state index in [-0.39, 0.29) is 5.28 Å². The van der Waals surface area contributed by atoms with Crippen molar-refractivity contribution in [1.29, 1.82) is 0 Å². The first-order valence-corrected chi connectivity index (χ1v) is 6.14. The number of aromatic nitrogens is 3. The molecule has 0 N–H and O–H groups in total. The van der Waals surface area contributed by atoms with Gasteiger partial charge in [0, 0.05) is 12.4 Å². The zero-order valence-electron chi connectivity index (χ0n) is 10.9. The van der Waals surface area contributed by atoms with E-state index in [0.717, 1.165) is 0 Å².